The fourth-order valence-electron chi connectivity index (χ4n) is 5.70. The molecule has 0 aromatic heterocycles. The van der Waals surface area contributed by atoms with E-state index in [9.17, 15) is 9.59 Å². The maximum atomic E-state index is 13.3. The third-order valence-corrected chi connectivity index (χ3v) is 7.82. The van der Waals surface area contributed by atoms with Crippen LogP contribution >= 0.6 is 0 Å². The molecule has 0 bridgehead atoms. The van der Waals surface area contributed by atoms with Gasteiger partial charge in [-0.3, -0.25) is 9.69 Å². The van der Waals surface area contributed by atoms with E-state index in [1.54, 1.807) is 0 Å². The first kappa shape index (κ1) is 24.0. The molecule has 0 unspecified atom stereocenters. The van der Waals surface area contributed by atoms with Crippen molar-refractivity contribution in [1.82, 2.24) is 14.7 Å². The number of hydrogen-bond donors (Lipinski definition) is 1. The highest BCUT2D eigenvalue weighted by Crippen LogP contribution is 2.33. The van der Waals surface area contributed by atoms with Crippen LogP contribution in [0.3, 0.4) is 0 Å². The third kappa shape index (κ3) is 6.07. The summed E-state index contributed by atoms with van der Waals surface area (Å²) < 4.78 is 0. The lowest BCUT2D eigenvalue weighted by Gasteiger charge is -2.34. The summed E-state index contributed by atoms with van der Waals surface area (Å²) in [5.74, 6) is -0.211. The van der Waals surface area contributed by atoms with Crippen LogP contribution in [0.15, 0.2) is 18.2 Å². The van der Waals surface area contributed by atoms with Crippen molar-refractivity contribution in [2.75, 3.05) is 58.3 Å². The number of urea groups is 1. The molecule has 0 spiro atoms. The normalized spacial score (nSPS) is 24.3. The number of aliphatic carboxylic acids is 1. The lowest BCUT2D eigenvalue weighted by molar-refractivity contribution is -0.137. The zero-order valence-corrected chi connectivity index (χ0v) is 20.3. The molecular formula is C26H40N4O3. The summed E-state index contributed by atoms with van der Waals surface area (Å²) >= 11 is 0. The summed E-state index contributed by atoms with van der Waals surface area (Å²) in [6.07, 6.45) is 7.21. The Morgan fingerprint density at radius 2 is 1.76 bits per heavy atom. The number of hydrogen-bond acceptors (Lipinski definition) is 4. The van der Waals surface area contributed by atoms with Gasteiger partial charge in [0.05, 0.1) is 0 Å². The molecule has 1 N–H and O–H groups in total. The van der Waals surface area contributed by atoms with Crippen LogP contribution in [0.5, 0.6) is 0 Å². The largest absolute Gasteiger partial charge is 0.481 e. The fourth-order valence-corrected chi connectivity index (χ4v) is 5.70. The monoisotopic (exact) mass is 456 g/mol. The number of benzene rings is 1. The first-order valence-electron chi connectivity index (χ1n) is 12.7. The number of amides is 2. The van der Waals surface area contributed by atoms with Crippen LogP contribution in [0.2, 0.25) is 0 Å². The van der Waals surface area contributed by atoms with Crippen LogP contribution < -0.4 is 4.90 Å². The van der Waals surface area contributed by atoms with Gasteiger partial charge in [0.25, 0.3) is 0 Å². The zero-order chi connectivity index (χ0) is 23.4. The van der Waals surface area contributed by atoms with E-state index in [1.165, 1.54) is 11.1 Å². The van der Waals surface area contributed by atoms with E-state index < -0.39 is 5.97 Å². The Labute approximate surface area is 198 Å². The number of carboxylic acid groups (broad SMARTS) is 1. The summed E-state index contributed by atoms with van der Waals surface area (Å²) in [5, 5.41) is 8.92. The maximum Gasteiger partial charge on any atom is 0.324 e. The van der Waals surface area contributed by atoms with Gasteiger partial charge in [-0.2, -0.15) is 0 Å². The van der Waals surface area contributed by atoms with Gasteiger partial charge in [-0.05, 0) is 88.2 Å². The smallest absolute Gasteiger partial charge is 0.324 e. The van der Waals surface area contributed by atoms with Gasteiger partial charge in [0, 0.05) is 57.4 Å². The van der Waals surface area contributed by atoms with Gasteiger partial charge in [-0.15, -0.1) is 0 Å². The average Bonchev–Trinajstić information content (AvgIpc) is 3.06. The minimum atomic E-state index is -0.704. The number of carbonyl (C=O) groups is 2. The van der Waals surface area contributed by atoms with E-state index in [0.717, 1.165) is 89.9 Å². The number of anilines is 1. The summed E-state index contributed by atoms with van der Waals surface area (Å²) in [4.78, 5) is 33.0. The fraction of sp³-hybridized carbons (Fsp3) is 0.692. The highest BCUT2D eigenvalue weighted by Gasteiger charge is 2.36. The molecule has 7 heteroatoms. The van der Waals surface area contributed by atoms with E-state index >= 15 is 0 Å². The Balaban J connectivity index is 1.33. The first-order chi connectivity index (χ1) is 15.9. The predicted octanol–water partition coefficient (Wildman–Crippen LogP) is 3.31. The van der Waals surface area contributed by atoms with Crippen LogP contribution in [0.4, 0.5) is 10.5 Å². The average molecular weight is 457 g/mol. The molecule has 1 aromatic rings. The molecular weight excluding hydrogens is 416 g/mol. The van der Waals surface area contributed by atoms with Crippen molar-refractivity contribution in [3.8, 4) is 0 Å². The van der Waals surface area contributed by atoms with Crippen LogP contribution in [0.25, 0.3) is 0 Å². The van der Waals surface area contributed by atoms with E-state index in [-0.39, 0.29) is 12.5 Å². The quantitative estimate of drug-likeness (QED) is 0.650. The molecule has 7 nitrogen and oxygen atoms in total. The first-order valence-corrected chi connectivity index (χ1v) is 12.7. The molecule has 2 aliphatic heterocycles. The zero-order valence-electron chi connectivity index (χ0n) is 20.3. The van der Waals surface area contributed by atoms with Gasteiger partial charge in [-0.1, -0.05) is 6.07 Å². The highest BCUT2D eigenvalue weighted by molar-refractivity contribution is 5.94. The Morgan fingerprint density at radius 1 is 1.03 bits per heavy atom. The van der Waals surface area contributed by atoms with Crippen molar-refractivity contribution in [2.45, 2.75) is 57.4 Å². The topological polar surface area (TPSA) is 67.3 Å². The Bertz CT molecular complexity index is 835. The molecule has 0 atom stereocenters. The van der Waals surface area contributed by atoms with Crippen LogP contribution in [-0.2, 0) is 17.6 Å². The molecule has 2 fully saturated rings. The summed E-state index contributed by atoms with van der Waals surface area (Å²) in [6.45, 7) is 5.92. The third-order valence-electron chi connectivity index (χ3n) is 7.82. The minimum Gasteiger partial charge on any atom is -0.481 e. The van der Waals surface area contributed by atoms with Crippen molar-refractivity contribution in [2.24, 2.45) is 5.92 Å². The van der Waals surface area contributed by atoms with Crippen molar-refractivity contribution in [3.05, 3.63) is 29.3 Å². The second-order valence-electron chi connectivity index (χ2n) is 10.3. The second kappa shape index (κ2) is 10.9. The molecule has 2 amide bonds. The molecule has 0 radical (unpaired) electrons. The number of nitrogens with zero attached hydrogens (tertiary/aromatic N) is 4. The van der Waals surface area contributed by atoms with E-state index in [2.05, 4.69) is 47.0 Å². The molecule has 1 aliphatic carbocycles. The molecule has 1 saturated heterocycles. The van der Waals surface area contributed by atoms with Gasteiger partial charge < -0.3 is 19.8 Å². The molecule has 182 valence electrons. The van der Waals surface area contributed by atoms with E-state index in [0.29, 0.717) is 12.0 Å². The molecule has 4 rings (SSSR count). The number of carbonyl (C=O) groups excluding carboxylic acids is 1. The lowest BCUT2D eigenvalue weighted by atomic mass is 9.83. The van der Waals surface area contributed by atoms with Crippen molar-refractivity contribution >= 4 is 17.7 Å². The van der Waals surface area contributed by atoms with Gasteiger partial charge in [0.15, 0.2) is 0 Å². The van der Waals surface area contributed by atoms with Crippen LogP contribution in [0.1, 0.15) is 49.7 Å². The van der Waals surface area contributed by atoms with Gasteiger partial charge >= 0.3 is 12.0 Å². The summed E-state index contributed by atoms with van der Waals surface area (Å²) in [6, 6.07) is 7.08. The standard InChI is InChI=1S/C26H40N4O3/c1-27(2)15-16-28-13-11-21-6-9-24(19-22(21)12-14-28)30-18-17-29(26(30)33)23-7-3-20(4-8-23)5-10-25(31)32/h6,9,19-20,23H,3-5,7-8,10-18H2,1-2H3,(H,31,32). The summed E-state index contributed by atoms with van der Waals surface area (Å²) in [5.41, 5.74) is 3.86. The molecule has 1 saturated carbocycles. The maximum absolute atomic E-state index is 13.3. The van der Waals surface area contributed by atoms with Crippen molar-refractivity contribution < 1.29 is 14.7 Å². The molecule has 2 heterocycles. The SMILES string of the molecule is CN(C)CCN1CCc2ccc(N3CCN(C4CCC(CCC(=O)O)CC4)C3=O)cc2CC1. The Hall–Kier alpha value is -2.12. The Morgan fingerprint density at radius 3 is 2.45 bits per heavy atom. The van der Waals surface area contributed by atoms with Crippen LogP contribution in [0, 0.1) is 5.92 Å². The van der Waals surface area contributed by atoms with E-state index in [1.807, 2.05) is 4.90 Å². The van der Waals surface area contributed by atoms with Crippen molar-refractivity contribution in [3.63, 3.8) is 0 Å². The molecule has 1 aromatic carbocycles. The van der Waals surface area contributed by atoms with E-state index in [4.69, 9.17) is 5.11 Å². The summed E-state index contributed by atoms with van der Waals surface area (Å²) in [7, 11) is 4.25. The number of fused-ring (bicyclic) bond motifs is 1. The number of rotatable bonds is 8. The highest BCUT2D eigenvalue weighted by atomic mass is 16.4. The molecule has 3 aliphatic rings. The van der Waals surface area contributed by atoms with Gasteiger partial charge in [0.2, 0.25) is 0 Å². The number of carboxylic acids is 1. The predicted molar refractivity (Wildman–Crippen MR) is 131 cm³/mol. The van der Waals surface area contributed by atoms with Crippen LogP contribution in [-0.4, -0.2) is 91.2 Å². The minimum absolute atomic E-state index is 0.144. The Kier molecular flexibility index (Phi) is 7.91. The van der Waals surface area contributed by atoms with Gasteiger partial charge in [0.1, 0.15) is 0 Å². The molecule has 33 heavy (non-hydrogen) atoms. The number of likely N-dealkylation sites (N-methyl/N-ethyl adjacent to an activating group) is 1. The van der Waals surface area contributed by atoms with Gasteiger partial charge in [-0.25, -0.2) is 4.79 Å². The van der Waals surface area contributed by atoms with Crippen molar-refractivity contribution in [1.29, 1.82) is 0 Å². The second-order valence-corrected chi connectivity index (χ2v) is 10.3. The lowest BCUT2D eigenvalue weighted by Crippen LogP contribution is -2.41.